The number of carbonyl (C=O) groups excluding carboxylic acids is 1. The summed E-state index contributed by atoms with van der Waals surface area (Å²) in [5.41, 5.74) is 1.88. The van der Waals surface area contributed by atoms with Crippen molar-refractivity contribution in [1.82, 2.24) is 14.5 Å². The summed E-state index contributed by atoms with van der Waals surface area (Å²) in [5, 5.41) is 2.86. The molecule has 2 aliphatic rings. The maximum Gasteiger partial charge on any atom is 0.407 e. The van der Waals surface area contributed by atoms with E-state index in [-0.39, 0.29) is 23.1 Å². The summed E-state index contributed by atoms with van der Waals surface area (Å²) in [6, 6.07) is 27.7. The molecule has 8 nitrogen and oxygen atoms in total. The molecule has 3 aromatic rings. The van der Waals surface area contributed by atoms with E-state index in [4.69, 9.17) is 9.47 Å². The van der Waals surface area contributed by atoms with Crippen molar-refractivity contribution in [3.05, 3.63) is 96.1 Å². The van der Waals surface area contributed by atoms with E-state index in [1.807, 2.05) is 39.0 Å². The Labute approximate surface area is 243 Å². The predicted octanol–water partition coefficient (Wildman–Crippen LogP) is 5.22. The number of likely N-dealkylation sites (tertiary alicyclic amines) is 1. The molecule has 0 aromatic heterocycles. The normalized spacial score (nSPS) is 17.7. The van der Waals surface area contributed by atoms with Gasteiger partial charge in [0, 0.05) is 38.3 Å². The summed E-state index contributed by atoms with van der Waals surface area (Å²) in [6.45, 7) is 7.57. The van der Waals surface area contributed by atoms with Crippen LogP contribution < -0.4 is 10.1 Å². The summed E-state index contributed by atoms with van der Waals surface area (Å²) in [5.74, 6) is 0.549. The lowest BCUT2D eigenvalue weighted by atomic mass is 9.94. The van der Waals surface area contributed by atoms with Crippen LogP contribution >= 0.6 is 0 Å². The Bertz CT molecular complexity index is 1370. The highest BCUT2D eigenvalue weighted by Crippen LogP contribution is 2.34. The van der Waals surface area contributed by atoms with Gasteiger partial charge in [-0.2, -0.15) is 4.31 Å². The first kappa shape index (κ1) is 29.1. The SMILES string of the molecule is CC(C)(C)OC(=O)NC1CCN(S(=O)(=O)c2cccc(OC3CN(C(c4ccccc4)c4ccccc4)C3)c2)CC1. The molecule has 0 bridgehead atoms. The van der Waals surface area contributed by atoms with Crippen LogP contribution in [0, 0.1) is 0 Å². The smallest absolute Gasteiger partial charge is 0.407 e. The fraction of sp³-hybridized carbons (Fsp3) is 0.406. The third kappa shape index (κ3) is 7.28. The van der Waals surface area contributed by atoms with E-state index in [0.29, 0.717) is 31.7 Å². The average Bonchev–Trinajstić information content (AvgIpc) is 2.92. The molecule has 2 heterocycles. The summed E-state index contributed by atoms with van der Waals surface area (Å²) in [4.78, 5) is 14.7. The molecular weight excluding hydrogens is 538 g/mol. The fourth-order valence-electron chi connectivity index (χ4n) is 5.40. The first-order chi connectivity index (χ1) is 19.6. The highest BCUT2D eigenvalue weighted by Gasteiger charge is 2.36. The zero-order valence-corrected chi connectivity index (χ0v) is 24.7. The maximum absolute atomic E-state index is 13.4. The van der Waals surface area contributed by atoms with E-state index < -0.39 is 21.7 Å². The van der Waals surface area contributed by atoms with E-state index in [2.05, 4.69) is 58.7 Å². The topological polar surface area (TPSA) is 88.2 Å². The predicted molar refractivity (Wildman–Crippen MR) is 158 cm³/mol. The van der Waals surface area contributed by atoms with Crippen LogP contribution in [0.4, 0.5) is 4.79 Å². The largest absolute Gasteiger partial charge is 0.488 e. The molecule has 5 rings (SSSR count). The zero-order chi connectivity index (χ0) is 29.0. The van der Waals surface area contributed by atoms with E-state index in [0.717, 1.165) is 13.1 Å². The number of carbonyl (C=O) groups is 1. The van der Waals surface area contributed by atoms with Crippen molar-refractivity contribution in [2.75, 3.05) is 26.2 Å². The minimum atomic E-state index is -3.69. The van der Waals surface area contributed by atoms with E-state index in [1.165, 1.54) is 15.4 Å². The van der Waals surface area contributed by atoms with E-state index >= 15 is 0 Å². The summed E-state index contributed by atoms with van der Waals surface area (Å²) in [6.07, 6.45) is 0.544. The number of nitrogens with zero attached hydrogens (tertiary/aromatic N) is 2. The van der Waals surface area contributed by atoms with Crippen LogP contribution in [0.2, 0.25) is 0 Å². The number of alkyl carbamates (subject to hydrolysis) is 1. The minimum Gasteiger partial charge on any atom is -0.488 e. The molecule has 218 valence electrons. The number of piperidine rings is 1. The molecule has 41 heavy (non-hydrogen) atoms. The molecule has 0 spiro atoms. The number of nitrogens with one attached hydrogen (secondary N) is 1. The lowest BCUT2D eigenvalue weighted by molar-refractivity contribution is 0.000160. The number of amides is 1. The molecule has 2 aliphatic heterocycles. The number of sulfonamides is 1. The van der Waals surface area contributed by atoms with Crippen LogP contribution in [-0.4, -0.2) is 67.6 Å². The lowest BCUT2D eigenvalue weighted by Gasteiger charge is -2.44. The molecule has 9 heteroatoms. The number of rotatable bonds is 8. The highest BCUT2D eigenvalue weighted by molar-refractivity contribution is 7.89. The van der Waals surface area contributed by atoms with E-state index in [9.17, 15) is 13.2 Å². The first-order valence-electron chi connectivity index (χ1n) is 14.2. The molecule has 1 N–H and O–H groups in total. The molecule has 3 aromatic carbocycles. The third-order valence-electron chi connectivity index (χ3n) is 7.39. The second-order valence-corrected chi connectivity index (χ2v) is 13.7. The Kier molecular flexibility index (Phi) is 8.68. The van der Waals surface area contributed by atoms with Gasteiger partial charge in [-0.05, 0) is 56.9 Å². The van der Waals surface area contributed by atoms with Crippen LogP contribution in [0.5, 0.6) is 5.75 Å². The van der Waals surface area contributed by atoms with Crippen molar-refractivity contribution in [2.45, 2.75) is 62.3 Å². The summed E-state index contributed by atoms with van der Waals surface area (Å²) < 4.78 is 39.9. The van der Waals surface area contributed by atoms with Crippen LogP contribution in [0.1, 0.15) is 50.8 Å². The van der Waals surface area contributed by atoms with Gasteiger partial charge in [-0.1, -0.05) is 66.7 Å². The molecule has 2 fully saturated rings. The van der Waals surface area contributed by atoms with Crippen LogP contribution in [0.25, 0.3) is 0 Å². The average molecular weight is 578 g/mol. The van der Waals surface area contributed by atoms with Gasteiger partial charge in [0.15, 0.2) is 0 Å². The van der Waals surface area contributed by atoms with Gasteiger partial charge in [0.1, 0.15) is 17.5 Å². The molecule has 1 amide bonds. The van der Waals surface area contributed by atoms with Crippen molar-refractivity contribution in [3.63, 3.8) is 0 Å². The Balaban J connectivity index is 1.18. The first-order valence-corrected chi connectivity index (χ1v) is 15.6. The number of hydrogen-bond donors (Lipinski definition) is 1. The quantitative estimate of drug-likeness (QED) is 0.395. The second kappa shape index (κ2) is 12.2. The van der Waals surface area contributed by atoms with Gasteiger partial charge in [-0.25, -0.2) is 13.2 Å². The van der Waals surface area contributed by atoms with Gasteiger partial charge < -0.3 is 14.8 Å². The van der Waals surface area contributed by atoms with Crippen LogP contribution in [0.3, 0.4) is 0 Å². The number of ether oxygens (including phenoxy) is 2. The molecule has 0 saturated carbocycles. The number of benzene rings is 3. The van der Waals surface area contributed by atoms with Gasteiger partial charge >= 0.3 is 6.09 Å². The number of hydrogen-bond acceptors (Lipinski definition) is 6. The van der Waals surface area contributed by atoms with Crippen LogP contribution in [-0.2, 0) is 14.8 Å². The van der Waals surface area contributed by atoms with Crippen molar-refractivity contribution in [1.29, 1.82) is 0 Å². The minimum absolute atomic E-state index is 0.0300. The Morgan fingerprint density at radius 2 is 1.46 bits per heavy atom. The Morgan fingerprint density at radius 3 is 2.02 bits per heavy atom. The maximum atomic E-state index is 13.4. The monoisotopic (exact) mass is 577 g/mol. The van der Waals surface area contributed by atoms with Crippen LogP contribution in [0.15, 0.2) is 89.8 Å². The van der Waals surface area contributed by atoms with Gasteiger partial charge in [-0.3, -0.25) is 4.90 Å². The van der Waals surface area contributed by atoms with Gasteiger partial charge in [-0.15, -0.1) is 0 Å². The molecular formula is C32H39N3O5S. The van der Waals surface area contributed by atoms with Gasteiger partial charge in [0.25, 0.3) is 0 Å². The highest BCUT2D eigenvalue weighted by atomic mass is 32.2. The summed E-state index contributed by atoms with van der Waals surface area (Å²) in [7, 11) is -3.69. The van der Waals surface area contributed by atoms with Crippen molar-refractivity contribution in [3.8, 4) is 5.75 Å². The molecule has 0 atom stereocenters. The Morgan fingerprint density at radius 1 is 0.878 bits per heavy atom. The van der Waals surface area contributed by atoms with Gasteiger partial charge in [0.2, 0.25) is 10.0 Å². The third-order valence-corrected chi connectivity index (χ3v) is 9.29. The lowest BCUT2D eigenvalue weighted by Crippen LogP contribution is -2.55. The summed E-state index contributed by atoms with van der Waals surface area (Å²) >= 11 is 0. The molecule has 0 unspecified atom stereocenters. The van der Waals surface area contributed by atoms with Gasteiger partial charge in [0.05, 0.1) is 10.9 Å². The van der Waals surface area contributed by atoms with Crippen molar-refractivity contribution in [2.24, 2.45) is 0 Å². The Hall–Kier alpha value is -3.40. The van der Waals surface area contributed by atoms with Crippen molar-refractivity contribution < 1.29 is 22.7 Å². The second-order valence-electron chi connectivity index (χ2n) is 11.7. The molecule has 0 radical (unpaired) electrons. The van der Waals surface area contributed by atoms with Crippen molar-refractivity contribution >= 4 is 16.1 Å². The van der Waals surface area contributed by atoms with E-state index in [1.54, 1.807) is 18.2 Å². The molecule has 2 saturated heterocycles. The fourth-order valence-corrected chi connectivity index (χ4v) is 6.91. The molecule has 0 aliphatic carbocycles. The zero-order valence-electron chi connectivity index (χ0n) is 23.9. The standard InChI is InChI=1S/C32H39N3O5S/c1-32(2,3)40-31(36)33-26-17-19-35(20-18-26)41(37,38)29-16-10-15-27(21-29)39-28-22-34(23-28)30(24-11-6-4-7-12-24)25-13-8-5-9-14-25/h4-16,21,26,28,30H,17-20,22-23H2,1-3H3,(H,33,36).